The Hall–Kier alpha value is -3.07. The summed E-state index contributed by atoms with van der Waals surface area (Å²) in [5.74, 6) is -5.36. The second kappa shape index (κ2) is 9.58. The van der Waals surface area contributed by atoms with Crippen LogP contribution in [0.3, 0.4) is 0 Å². The van der Waals surface area contributed by atoms with Crippen LogP contribution in [-0.4, -0.2) is 25.6 Å². The highest BCUT2D eigenvalue weighted by molar-refractivity contribution is 5.94. The molecule has 144 valence electrons. The van der Waals surface area contributed by atoms with Crippen LogP contribution in [0.1, 0.15) is 11.1 Å². The van der Waals surface area contributed by atoms with Crippen molar-refractivity contribution in [2.75, 3.05) is 19.0 Å². The van der Waals surface area contributed by atoms with Gasteiger partial charge in [-0.3, -0.25) is 4.79 Å². The predicted octanol–water partition coefficient (Wildman–Crippen LogP) is 2.69. The van der Waals surface area contributed by atoms with Gasteiger partial charge in [-0.25, -0.2) is 18.0 Å². The van der Waals surface area contributed by atoms with E-state index in [0.29, 0.717) is 12.7 Å². The molecule has 0 aliphatic rings. The molecule has 0 saturated heterocycles. The average Bonchev–Trinajstić information content (AvgIpc) is 2.66. The van der Waals surface area contributed by atoms with Crippen LogP contribution in [0.4, 0.5) is 23.7 Å². The summed E-state index contributed by atoms with van der Waals surface area (Å²) in [7, 11) is 1.56. The van der Waals surface area contributed by atoms with Gasteiger partial charge in [0.15, 0.2) is 17.5 Å². The van der Waals surface area contributed by atoms with Gasteiger partial charge in [0, 0.05) is 13.7 Å². The van der Waals surface area contributed by atoms with Crippen LogP contribution in [0.15, 0.2) is 36.4 Å². The molecule has 0 unspecified atom stereocenters. The molecule has 27 heavy (non-hydrogen) atoms. The molecule has 3 amide bonds. The van der Waals surface area contributed by atoms with Crippen molar-refractivity contribution >= 4 is 17.6 Å². The largest absolute Gasteiger partial charge is 0.380 e. The lowest BCUT2D eigenvalue weighted by molar-refractivity contribution is -0.115. The molecule has 0 bridgehead atoms. The molecule has 0 radical (unpaired) electrons. The monoisotopic (exact) mass is 381 g/mol. The fourth-order valence-electron chi connectivity index (χ4n) is 2.24. The number of hydrogen-bond acceptors (Lipinski definition) is 3. The first kappa shape index (κ1) is 20.2. The quantitative estimate of drug-likeness (QED) is 0.645. The summed E-state index contributed by atoms with van der Waals surface area (Å²) < 4.78 is 44.5. The van der Waals surface area contributed by atoms with Crippen molar-refractivity contribution in [1.82, 2.24) is 10.6 Å². The Kier molecular flexibility index (Phi) is 7.18. The summed E-state index contributed by atoms with van der Waals surface area (Å²) in [6, 6.07) is 8.31. The summed E-state index contributed by atoms with van der Waals surface area (Å²) in [6.07, 6.45) is 0. The highest BCUT2D eigenvalue weighted by Gasteiger charge is 2.15. The third kappa shape index (κ3) is 5.71. The molecular weight excluding hydrogens is 363 g/mol. The maximum Gasteiger partial charge on any atom is 0.315 e. The number of benzene rings is 2. The molecule has 0 saturated carbocycles. The van der Waals surface area contributed by atoms with Gasteiger partial charge in [0.05, 0.1) is 18.8 Å². The first-order valence-corrected chi connectivity index (χ1v) is 7.93. The van der Waals surface area contributed by atoms with Crippen LogP contribution in [0.25, 0.3) is 0 Å². The SMILES string of the molecule is COCc1ccccc1CNC(=O)NCC(=O)Nc1ccc(F)c(F)c1F. The van der Waals surface area contributed by atoms with E-state index in [0.717, 1.165) is 17.2 Å². The smallest absolute Gasteiger partial charge is 0.315 e. The average molecular weight is 381 g/mol. The van der Waals surface area contributed by atoms with Crippen LogP contribution >= 0.6 is 0 Å². The molecule has 0 fully saturated rings. The van der Waals surface area contributed by atoms with Crippen molar-refractivity contribution in [2.24, 2.45) is 0 Å². The topological polar surface area (TPSA) is 79.5 Å². The van der Waals surface area contributed by atoms with E-state index in [-0.39, 0.29) is 6.54 Å². The van der Waals surface area contributed by atoms with Crippen LogP contribution in [0.2, 0.25) is 0 Å². The fraction of sp³-hybridized carbons (Fsp3) is 0.222. The van der Waals surface area contributed by atoms with Gasteiger partial charge >= 0.3 is 6.03 Å². The Bertz CT molecular complexity index is 831. The minimum Gasteiger partial charge on any atom is -0.380 e. The maximum absolute atomic E-state index is 13.5. The van der Waals surface area contributed by atoms with Gasteiger partial charge < -0.3 is 20.7 Å². The van der Waals surface area contributed by atoms with Crippen molar-refractivity contribution in [3.8, 4) is 0 Å². The number of urea groups is 1. The van der Waals surface area contributed by atoms with Gasteiger partial charge in [-0.1, -0.05) is 24.3 Å². The second-order valence-corrected chi connectivity index (χ2v) is 5.51. The number of rotatable bonds is 7. The molecule has 3 N–H and O–H groups in total. The molecule has 2 rings (SSSR count). The van der Waals surface area contributed by atoms with Crippen molar-refractivity contribution in [1.29, 1.82) is 0 Å². The van der Waals surface area contributed by atoms with Crippen molar-refractivity contribution < 1.29 is 27.5 Å². The number of halogens is 3. The van der Waals surface area contributed by atoms with Crippen LogP contribution in [0, 0.1) is 17.5 Å². The van der Waals surface area contributed by atoms with E-state index >= 15 is 0 Å². The standard InChI is InChI=1S/C18H18F3N3O3/c1-27-10-12-5-3-2-4-11(12)8-22-18(26)23-9-15(25)24-14-7-6-13(19)16(20)17(14)21/h2-7H,8-10H2,1H3,(H,24,25)(H2,22,23,26). The van der Waals surface area contributed by atoms with Crippen LogP contribution in [0.5, 0.6) is 0 Å². The van der Waals surface area contributed by atoms with Gasteiger partial charge in [-0.15, -0.1) is 0 Å². The fourth-order valence-corrected chi connectivity index (χ4v) is 2.24. The zero-order valence-corrected chi connectivity index (χ0v) is 14.4. The number of carbonyl (C=O) groups is 2. The number of nitrogens with one attached hydrogen (secondary N) is 3. The van der Waals surface area contributed by atoms with Gasteiger partial charge in [0.25, 0.3) is 0 Å². The minimum atomic E-state index is -1.69. The van der Waals surface area contributed by atoms with E-state index < -0.39 is 41.6 Å². The van der Waals surface area contributed by atoms with E-state index in [9.17, 15) is 22.8 Å². The number of hydrogen-bond donors (Lipinski definition) is 3. The van der Waals surface area contributed by atoms with Crippen molar-refractivity contribution in [3.63, 3.8) is 0 Å². The highest BCUT2D eigenvalue weighted by Crippen LogP contribution is 2.19. The number of carbonyl (C=O) groups excluding carboxylic acids is 2. The zero-order chi connectivity index (χ0) is 19.8. The number of ether oxygens (including phenoxy) is 1. The summed E-state index contributed by atoms with van der Waals surface area (Å²) in [5, 5.41) is 6.92. The van der Waals surface area contributed by atoms with E-state index in [1.165, 1.54) is 0 Å². The molecular formula is C18H18F3N3O3. The third-order valence-corrected chi connectivity index (χ3v) is 3.58. The van der Waals surface area contributed by atoms with Gasteiger partial charge in [0.1, 0.15) is 0 Å². The van der Waals surface area contributed by atoms with Gasteiger partial charge in [-0.2, -0.15) is 0 Å². The Morgan fingerprint density at radius 1 is 0.963 bits per heavy atom. The summed E-state index contributed by atoms with van der Waals surface area (Å²) in [4.78, 5) is 23.5. The molecule has 2 aromatic carbocycles. The zero-order valence-electron chi connectivity index (χ0n) is 14.4. The van der Waals surface area contributed by atoms with E-state index in [2.05, 4.69) is 16.0 Å². The summed E-state index contributed by atoms with van der Waals surface area (Å²) in [5.41, 5.74) is 1.24. The Labute approximate surface area is 153 Å². The maximum atomic E-state index is 13.5. The van der Waals surface area contributed by atoms with E-state index in [1.807, 2.05) is 24.3 Å². The Morgan fingerprint density at radius 2 is 1.67 bits per heavy atom. The Morgan fingerprint density at radius 3 is 2.37 bits per heavy atom. The molecule has 0 atom stereocenters. The first-order valence-electron chi connectivity index (χ1n) is 7.93. The minimum absolute atomic E-state index is 0.213. The number of amides is 3. The molecule has 0 aromatic heterocycles. The first-order chi connectivity index (χ1) is 12.9. The van der Waals surface area contributed by atoms with Crippen molar-refractivity contribution in [3.05, 3.63) is 65.0 Å². The van der Waals surface area contributed by atoms with E-state index in [1.54, 1.807) is 7.11 Å². The lowest BCUT2D eigenvalue weighted by Crippen LogP contribution is -2.39. The summed E-state index contributed by atoms with van der Waals surface area (Å²) >= 11 is 0. The normalized spacial score (nSPS) is 10.4. The lowest BCUT2D eigenvalue weighted by atomic mass is 10.1. The Balaban J connectivity index is 1.82. The van der Waals surface area contributed by atoms with Crippen LogP contribution in [-0.2, 0) is 22.7 Å². The molecule has 0 heterocycles. The summed E-state index contributed by atoms with van der Waals surface area (Å²) in [6.45, 7) is 0.121. The molecule has 6 nitrogen and oxygen atoms in total. The number of anilines is 1. The lowest BCUT2D eigenvalue weighted by Gasteiger charge is -2.11. The molecule has 2 aromatic rings. The third-order valence-electron chi connectivity index (χ3n) is 3.58. The number of methoxy groups -OCH3 is 1. The van der Waals surface area contributed by atoms with Gasteiger partial charge in [-0.05, 0) is 23.3 Å². The second-order valence-electron chi connectivity index (χ2n) is 5.51. The molecule has 0 aliphatic carbocycles. The van der Waals surface area contributed by atoms with E-state index in [4.69, 9.17) is 4.74 Å². The highest BCUT2D eigenvalue weighted by atomic mass is 19.2. The molecule has 9 heteroatoms. The predicted molar refractivity (Wildman–Crippen MR) is 92.3 cm³/mol. The molecule has 0 spiro atoms. The van der Waals surface area contributed by atoms with Gasteiger partial charge in [0.2, 0.25) is 5.91 Å². The van der Waals surface area contributed by atoms with Crippen LogP contribution < -0.4 is 16.0 Å². The van der Waals surface area contributed by atoms with Crippen molar-refractivity contribution in [2.45, 2.75) is 13.2 Å². The molecule has 0 aliphatic heterocycles.